The number of carbonyl (C=O) groups excluding carboxylic acids is 1. The van der Waals surface area contributed by atoms with E-state index in [0.29, 0.717) is 18.5 Å². The largest absolute Gasteiger partial charge is 0.393 e. The van der Waals surface area contributed by atoms with Crippen molar-refractivity contribution >= 4 is 17.3 Å². The molecule has 0 saturated heterocycles. The van der Waals surface area contributed by atoms with E-state index in [9.17, 15) is 14.9 Å². The second-order valence-electron chi connectivity index (χ2n) is 4.09. The molecule has 0 unspecified atom stereocenters. The van der Waals surface area contributed by atoms with Gasteiger partial charge in [0.25, 0.3) is 5.69 Å². The Bertz CT molecular complexity index is 499. The second-order valence-corrected chi connectivity index (χ2v) is 4.09. The summed E-state index contributed by atoms with van der Waals surface area (Å²) in [6.07, 6.45) is 0.635. The Kier molecular flexibility index (Phi) is 2.71. The standard InChI is InChI=1S/C11H13N3O3/c1-7(15)13-5-4-8-2-3-10(12)11(14(16)17)9(8)6-13/h2-3H,4-6,12H2,1H3. The monoisotopic (exact) mass is 235 g/mol. The number of fused-ring (bicyclic) bond motifs is 1. The molecule has 0 atom stereocenters. The topological polar surface area (TPSA) is 89.5 Å². The number of hydrogen-bond acceptors (Lipinski definition) is 4. The summed E-state index contributed by atoms with van der Waals surface area (Å²) in [5.74, 6) is -0.0765. The summed E-state index contributed by atoms with van der Waals surface area (Å²) in [7, 11) is 0. The lowest BCUT2D eigenvalue weighted by molar-refractivity contribution is -0.384. The molecule has 6 heteroatoms. The van der Waals surface area contributed by atoms with Gasteiger partial charge in [-0.1, -0.05) is 6.07 Å². The van der Waals surface area contributed by atoms with Crippen molar-refractivity contribution in [3.8, 4) is 0 Å². The number of benzene rings is 1. The van der Waals surface area contributed by atoms with E-state index in [4.69, 9.17) is 5.73 Å². The van der Waals surface area contributed by atoms with E-state index in [1.807, 2.05) is 0 Å². The number of nitrogens with zero attached hydrogens (tertiary/aromatic N) is 2. The van der Waals surface area contributed by atoms with Crippen molar-refractivity contribution in [2.45, 2.75) is 19.9 Å². The lowest BCUT2D eigenvalue weighted by atomic mass is 9.97. The highest BCUT2D eigenvalue weighted by Gasteiger charge is 2.27. The fraction of sp³-hybridized carbons (Fsp3) is 0.364. The number of nitro benzene ring substituents is 1. The number of nitro groups is 1. The first kappa shape index (κ1) is 11.4. The van der Waals surface area contributed by atoms with Crippen molar-refractivity contribution in [2.75, 3.05) is 12.3 Å². The average molecular weight is 235 g/mol. The predicted molar refractivity (Wildman–Crippen MR) is 62.3 cm³/mol. The van der Waals surface area contributed by atoms with Gasteiger partial charge in [-0.25, -0.2) is 0 Å². The zero-order chi connectivity index (χ0) is 12.6. The zero-order valence-electron chi connectivity index (χ0n) is 9.47. The number of carbonyl (C=O) groups is 1. The van der Waals surface area contributed by atoms with Gasteiger partial charge in [-0.3, -0.25) is 14.9 Å². The van der Waals surface area contributed by atoms with Crippen LogP contribution in [0.4, 0.5) is 11.4 Å². The van der Waals surface area contributed by atoms with Crippen molar-refractivity contribution in [1.82, 2.24) is 4.90 Å². The van der Waals surface area contributed by atoms with E-state index in [1.54, 1.807) is 17.0 Å². The minimum atomic E-state index is -0.474. The summed E-state index contributed by atoms with van der Waals surface area (Å²) < 4.78 is 0. The van der Waals surface area contributed by atoms with Crippen LogP contribution in [0.15, 0.2) is 12.1 Å². The summed E-state index contributed by atoms with van der Waals surface area (Å²) in [6.45, 7) is 2.33. The van der Waals surface area contributed by atoms with Crippen molar-refractivity contribution in [3.63, 3.8) is 0 Å². The Balaban J connectivity index is 2.50. The molecule has 2 N–H and O–H groups in total. The van der Waals surface area contributed by atoms with Crippen LogP contribution in [0.25, 0.3) is 0 Å². The van der Waals surface area contributed by atoms with Crippen LogP contribution in [-0.2, 0) is 17.8 Å². The Labute approximate surface area is 98.2 Å². The molecule has 2 rings (SSSR count). The molecule has 1 aliphatic rings. The normalized spacial score (nSPS) is 14.3. The van der Waals surface area contributed by atoms with Gasteiger partial charge in [0.05, 0.1) is 17.0 Å². The molecule has 1 amide bonds. The molecule has 1 aromatic carbocycles. The minimum absolute atomic E-state index is 0.0616. The smallest absolute Gasteiger partial charge is 0.297 e. The van der Waals surface area contributed by atoms with E-state index in [1.165, 1.54) is 6.92 Å². The van der Waals surface area contributed by atoms with Crippen LogP contribution >= 0.6 is 0 Å². The van der Waals surface area contributed by atoms with Crippen LogP contribution in [-0.4, -0.2) is 22.3 Å². The van der Waals surface area contributed by atoms with E-state index < -0.39 is 4.92 Å². The first-order chi connectivity index (χ1) is 8.00. The summed E-state index contributed by atoms with van der Waals surface area (Å²) in [6, 6.07) is 3.36. The van der Waals surface area contributed by atoms with Gasteiger partial charge < -0.3 is 10.6 Å². The van der Waals surface area contributed by atoms with Crippen LogP contribution in [0, 0.1) is 10.1 Å². The van der Waals surface area contributed by atoms with E-state index in [0.717, 1.165) is 5.56 Å². The van der Waals surface area contributed by atoms with Crippen molar-refractivity contribution in [1.29, 1.82) is 0 Å². The van der Waals surface area contributed by atoms with Gasteiger partial charge in [-0.2, -0.15) is 0 Å². The molecule has 0 bridgehead atoms. The molecule has 17 heavy (non-hydrogen) atoms. The summed E-state index contributed by atoms with van der Waals surface area (Å²) in [5.41, 5.74) is 7.18. The van der Waals surface area contributed by atoms with Gasteiger partial charge in [0.2, 0.25) is 5.91 Å². The quantitative estimate of drug-likeness (QED) is 0.448. The predicted octanol–water partition coefficient (Wildman–Crippen LogP) is 1.08. The molecular formula is C11H13N3O3. The summed E-state index contributed by atoms with van der Waals surface area (Å²) in [5, 5.41) is 11.0. The number of amides is 1. The molecule has 0 fully saturated rings. The fourth-order valence-electron chi connectivity index (χ4n) is 2.12. The third kappa shape index (κ3) is 1.93. The van der Waals surface area contributed by atoms with Gasteiger partial charge in [0, 0.05) is 13.5 Å². The maximum atomic E-state index is 11.3. The third-order valence-electron chi connectivity index (χ3n) is 3.04. The van der Waals surface area contributed by atoms with E-state index in [2.05, 4.69) is 0 Å². The van der Waals surface area contributed by atoms with Crippen LogP contribution in [0.1, 0.15) is 18.1 Å². The highest BCUT2D eigenvalue weighted by molar-refractivity contribution is 5.75. The van der Waals surface area contributed by atoms with Gasteiger partial charge >= 0.3 is 0 Å². The number of rotatable bonds is 1. The van der Waals surface area contributed by atoms with Gasteiger partial charge in [-0.05, 0) is 18.1 Å². The summed E-state index contributed by atoms with van der Waals surface area (Å²) in [4.78, 5) is 23.4. The van der Waals surface area contributed by atoms with Crippen LogP contribution in [0.5, 0.6) is 0 Å². The molecule has 0 spiro atoms. The molecule has 0 radical (unpaired) electrons. The average Bonchev–Trinajstić information content (AvgIpc) is 2.27. The minimum Gasteiger partial charge on any atom is -0.393 e. The molecule has 1 aromatic rings. The maximum absolute atomic E-state index is 11.3. The summed E-state index contributed by atoms with van der Waals surface area (Å²) >= 11 is 0. The Morgan fingerprint density at radius 2 is 2.24 bits per heavy atom. The molecular weight excluding hydrogens is 222 g/mol. The van der Waals surface area contributed by atoms with Crippen molar-refractivity contribution < 1.29 is 9.72 Å². The molecule has 0 saturated carbocycles. The number of nitrogen functional groups attached to an aromatic ring is 1. The zero-order valence-corrected chi connectivity index (χ0v) is 9.47. The van der Waals surface area contributed by atoms with Crippen LogP contribution in [0.3, 0.4) is 0 Å². The van der Waals surface area contributed by atoms with Crippen LogP contribution in [0.2, 0.25) is 0 Å². The number of hydrogen-bond donors (Lipinski definition) is 1. The number of nitrogens with two attached hydrogens (primary N) is 1. The van der Waals surface area contributed by atoms with Crippen LogP contribution < -0.4 is 5.73 Å². The molecule has 0 aliphatic carbocycles. The Morgan fingerprint density at radius 1 is 1.53 bits per heavy atom. The Hall–Kier alpha value is -2.11. The Morgan fingerprint density at radius 3 is 2.82 bits per heavy atom. The lowest BCUT2D eigenvalue weighted by Gasteiger charge is -2.27. The van der Waals surface area contributed by atoms with Gasteiger partial charge in [0.1, 0.15) is 5.69 Å². The van der Waals surface area contributed by atoms with Gasteiger partial charge in [-0.15, -0.1) is 0 Å². The molecule has 1 heterocycles. The molecule has 0 aromatic heterocycles. The molecule has 1 aliphatic heterocycles. The SMILES string of the molecule is CC(=O)N1CCc2ccc(N)c([N+](=O)[O-])c2C1. The highest BCUT2D eigenvalue weighted by Crippen LogP contribution is 2.32. The number of anilines is 1. The third-order valence-corrected chi connectivity index (χ3v) is 3.04. The molecule has 90 valence electrons. The van der Waals surface area contributed by atoms with Gasteiger partial charge in [0.15, 0.2) is 0 Å². The first-order valence-corrected chi connectivity index (χ1v) is 5.31. The maximum Gasteiger partial charge on any atom is 0.297 e. The second kappa shape index (κ2) is 4.04. The first-order valence-electron chi connectivity index (χ1n) is 5.31. The van der Waals surface area contributed by atoms with E-state index >= 15 is 0 Å². The fourth-order valence-corrected chi connectivity index (χ4v) is 2.12. The van der Waals surface area contributed by atoms with Crippen molar-refractivity contribution in [3.05, 3.63) is 33.4 Å². The van der Waals surface area contributed by atoms with E-state index in [-0.39, 0.29) is 23.8 Å². The highest BCUT2D eigenvalue weighted by atomic mass is 16.6. The lowest BCUT2D eigenvalue weighted by Crippen LogP contribution is -2.34. The van der Waals surface area contributed by atoms with Crippen molar-refractivity contribution in [2.24, 2.45) is 0 Å². The molecule has 6 nitrogen and oxygen atoms in total.